The molecule has 5 nitrogen and oxygen atoms in total. The second kappa shape index (κ2) is 10.7. The van der Waals surface area contributed by atoms with Crippen LogP contribution in [-0.4, -0.2) is 59.6 Å². The number of hydrogen-bond donors (Lipinski definition) is 4. The Hall–Kier alpha value is -0.200. The molecule has 4 N–H and O–H groups in total. The standard InChI is InChI=1S/C13H28O5/c1-2-3-4-5-6-13(9-15,10-16)11-18-8-12(17)7-14/h12,14-17H,2-11H2,1H3. The fourth-order valence-corrected chi connectivity index (χ4v) is 1.76. The molecule has 0 aliphatic carbocycles. The number of unbranched alkanes of at least 4 members (excludes halogenated alkanes) is 3. The summed E-state index contributed by atoms with van der Waals surface area (Å²) in [5.41, 5.74) is -0.636. The molecule has 1 atom stereocenters. The van der Waals surface area contributed by atoms with Crippen molar-refractivity contribution in [1.82, 2.24) is 0 Å². The van der Waals surface area contributed by atoms with Gasteiger partial charge in [0.05, 0.1) is 33.0 Å². The predicted octanol–water partition coefficient (Wildman–Crippen LogP) is 0.298. The van der Waals surface area contributed by atoms with E-state index < -0.39 is 11.5 Å². The first-order valence-electron chi connectivity index (χ1n) is 6.72. The molecule has 0 saturated heterocycles. The van der Waals surface area contributed by atoms with Gasteiger partial charge in [0.1, 0.15) is 6.10 Å². The molecule has 5 heteroatoms. The van der Waals surface area contributed by atoms with Gasteiger partial charge in [-0.15, -0.1) is 0 Å². The van der Waals surface area contributed by atoms with Gasteiger partial charge in [-0.2, -0.15) is 0 Å². The topological polar surface area (TPSA) is 90.2 Å². The van der Waals surface area contributed by atoms with Crippen LogP contribution in [0.25, 0.3) is 0 Å². The fraction of sp³-hybridized carbons (Fsp3) is 1.00. The van der Waals surface area contributed by atoms with Crippen LogP contribution in [0.2, 0.25) is 0 Å². The molecule has 0 aliphatic rings. The minimum absolute atomic E-state index is 0.0210. The summed E-state index contributed by atoms with van der Waals surface area (Å²) in [5.74, 6) is 0. The van der Waals surface area contributed by atoms with Gasteiger partial charge in [-0.1, -0.05) is 32.6 Å². The zero-order chi connectivity index (χ0) is 13.9. The van der Waals surface area contributed by atoms with Gasteiger partial charge in [0.2, 0.25) is 0 Å². The largest absolute Gasteiger partial charge is 0.396 e. The second-order valence-corrected chi connectivity index (χ2v) is 4.98. The normalized spacial score (nSPS) is 13.8. The average molecular weight is 264 g/mol. The van der Waals surface area contributed by atoms with E-state index in [0.29, 0.717) is 6.42 Å². The Balaban J connectivity index is 4.00. The molecular formula is C13H28O5. The summed E-state index contributed by atoms with van der Waals surface area (Å²) in [6, 6.07) is 0. The Kier molecular flexibility index (Phi) is 10.6. The van der Waals surface area contributed by atoms with Crippen molar-refractivity contribution in [2.24, 2.45) is 5.41 Å². The van der Waals surface area contributed by atoms with Crippen LogP contribution >= 0.6 is 0 Å². The van der Waals surface area contributed by atoms with Crippen molar-refractivity contribution in [3.05, 3.63) is 0 Å². The molecule has 1 unspecified atom stereocenters. The smallest absolute Gasteiger partial charge is 0.100 e. The van der Waals surface area contributed by atoms with Gasteiger partial charge in [0.15, 0.2) is 0 Å². The van der Waals surface area contributed by atoms with Gasteiger partial charge < -0.3 is 25.2 Å². The lowest BCUT2D eigenvalue weighted by molar-refractivity contribution is -0.0625. The molecule has 0 aliphatic heterocycles. The van der Waals surface area contributed by atoms with Gasteiger partial charge in [0, 0.05) is 5.41 Å². The Bertz CT molecular complexity index is 182. The third kappa shape index (κ3) is 7.28. The van der Waals surface area contributed by atoms with E-state index in [1.54, 1.807) is 0 Å². The zero-order valence-corrected chi connectivity index (χ0v) is 11.3. The quantitative estimate of drug-likeness (QED) is 0.381. The van der Waals surface area contributed by atoms with Crippen molar-refractivity contribution in [3.63, 3.8) is 0 Å². The lowest BCUT2D eigenvalue weighted by atomic mass is 9.85. The molecular weight excluding hydrogens is 236 g/mol. The highest BCUT2D eigenvalue weighted by molar-refractivity contribution is 4.78. The van der Waals surface area contributed by atoms with E-state index in [9.17, 15) is 10.2 Å². The fourth-order valence-electron chi connectivity index (χ4n) is 1.76. The van der Waals surface area contributed by atoms with Gasteiger partial charge >= 0.3 is 0 Å². The number of aliphatic hydroxyl groups excluding tert-OH is 4. The molecule has 18 heavy (non-hydrogen) atoms. The first-order chi connectivity index (χ1) is 8.64. The average Bonchev–Trinajstić information content (AvgIpc) is 2.41. The summed E-state index contributed by atoms with van der Waals surface area (Å²) >= 11 is 0. The van der Waals surface area contributed by atoms with E-state index in [0.717, 1.165) is 25.7 Å². The van der Waals surface area contributed by atoms with Crippen LogP contribution in [0.15, 0.2) is 0 Å². The Morgan fingerprint density at radius 3 is 2.22 bits per heavy atom. The summed E-state index contributed by atoms with van der Waals surface area (Å²) in [5, 5.41) is 36.6. The Morgan fingerprint density at radius 2 is 1.72 bits per heavy atom. The van der Waals surface area contributed by atoms with Gasteiger partial charge in [-0.25, -0.2) is 0 Å². The monoisotopic (exact) mass is 264 g/mol. The van der Waals surface area contributed by atoms with Gasteiger partial charge in [0.25, 0.3) is 0 Å². The molecule has 0 bridgehead atoms. The predicted molar refractivity (Wildman–Crippen MR) is 69.3 cm³/mol. The first-order valence-corrected chi connectivity index (χ1v) is 6.72. The highest BCUT2D eigenvalue weighted by Gasteiger charge is 2.28. The van der Waals surface area contributed by atoms with Crippen LogP contribution in [0.3, 0.4) is 0 Å². The van der Waals surface area contributed by atoms with Crippen molar-refractivity contribution in [2.75, 3.05) is 33.0 Å². The summed E-state index contributed by atoms with van der Waals surface area (Å²) < 4.78 is 5.26. The van der Waals surface area contributed by atoms with Crippen LogP contribution in [0, 0.1) is 5.41 Å². The minimum Gasteiger partial charge on any atom is -0.396 e. The van der Waals surface area contributed by atoms with Gasteiger partial charge in [-0.3, -0.25) is 0 Å². The zero-order valence-electron chi connectivity index (χ0n) is 11.3. The van der Waals surface area contributed by atoms with Crippen LogP contribution < -0.4 is 0 Å². The van der Waals surface area contributed by atoms with Crippen LogP contribution in [0.1, 0.15) is 39.0 Å². The Morgan fingerprint density at radius 1 is 1.06 bits per heavy atom. The molecule has 0 saturated carbocycles. The lowest BCUT2D eigenvalue weighted by Gasteiger charge is -2.29. The SMILES string of the molecule is CCCCCCC(CO)(CO)COCC(O)CO. The molecule has 0 rings (SSSR count). The van der Waals surface area contributed by atoms with Crippen LogP contribution in [-0.2, 0) is 4.74 Å². The second-order valence-electron chi connectivity index (χ2n) is 4.98. The van der Waals surface area contributed by atoms with Crippen molar-refractivity contribution in [1.29, 1.82) is 0 Å². The van der Waals surface area contributed by atoms with E-state index in [2.05, 4.69) is 6.92 Å². The maximum absolute atomic E-state index is 9.40. The molecule has 0 radical (unpaired) electrons. The molecule has 0 aromatic heterocycles. The number of rotatable bonds is 12. The van der Waals surface area contributed by atoms with E-state index in [1.807, 2.05) is 0 Å². The molecule has 110 valence electrons. The van der Waals surface area contributed by atoms with E-state index in [-0.39, 0.29) is 33.0 Å². The number of aliphatic hydroxyl groups is 4. The summed E-state index contributed by atoms with van der Waals surface area (Å²) in [6.45, 7) is 1.73. The van der Waals surface area contributed by atoms with E-state index in [4.69, 9.17) is 14.9 Å². The van der Waals surface area contributed by atoms with Crippen molar-refractivity contribution >= 4 is 0 Å². The molecule has 0 heterocycles. The molecule has 0 aromatic carbocycles. The van der Waals surface area contributed by atoms with Crippen molar-refractivity contribution in [2.45, 2.75) is 45.1 Å². The summed E-state index contributed by atoms with van der Waals surface area (Å²) in [6.07, 6.45) is 4.12. The molecule has 0 fully saturated rings. The highest BCUT2D eigenvalue weighted by Crippen LogP contribution is 2.25. The Labute approximate surface area is 109 Å². The van der Waals surface area contributed by atoms with Crippen molar-refractivity contribution in [3.8, 4) is 0 Å². The number of hydrogen-bond acceptors (Lipinski definition) is 5. The van der Waals surface area contributed by atoms with E-state index >= 15 is 0 Å². The summed E-state index contributed by atoms with van der Waals surface area (Å²) in [7, 11) is 0. The highest BCUT2D eigenvalue weighted by atomic mass is 16.5. The maximum atomic E-state index is 9.40. The molecule has 0 spiro atoms. The lowest BCUT2D eigenvalue weighted by Crippen LogP contribution is -2.36. The third-order valence-electron chi connectivity index (χ3n) is 3.16. The maximum Gasteiger partial charge on any atom is 0.100 e. The van der Waals surface area contributed by atoms with Crippen LogP contribution in [0.4, 0.5) is 0 Å². The van der Waals surface area contributed by atoms with Gasteiger partial charge in [-0.05, 0) is 6.42 Å². The van der Waals surface area contributed by atoms with E-state index in [1.165, 1.54) is 0 Å². The summed E-state index contributed by atoms with van der Waals surface area (Å²) in [4.78, 5) is 0. The minimum atomic E-state index is -0.903. The third-order valence-corrected chi connectivity index (χ3v) is 3.16. The molecule has 0 aromatic rings. The van der Waals surface area contributed by atoms with Crippen LogP contribution in [0.5, 0.6) is 0 Å². The first kappa shape index (κ1) is 17.8. The molecule has 0 amide bonds. The van der Waals surface area contributed by atoms with Crippen molar-refractivity contribution < 1.29 is 25.2 Å². The number of ether oxygens (including phenoxy) is 1.